The molecule has 2 unspecified atom stereocenters. The van der Waals surface area contributed by atoms with Gasteiger partial charge >= 0.3 is 0 Å². The van der Waals surface area contributed by atoms with E-state index in [2.05, 4.69) is 10.2 Å². The summed E-state index contributed by atoms with van der Waals surface area (Å²) >= 11 is 1.22. The highest BCUT2D eigenvalue weighted by Gasteiger charge is 2.40. The molecule has 3 aromatic rings. The van der Waals surface area contributed by atoms with Gasteiger partial charge in [-0.3, -0.25) is 9.20 Å². The minimum Gasteiger partial charge on any atom is -0.332 e. The SMILES string of the molecule is O=C(C1CCCN(S(=O)(=O)c2cccs2)C1)N1CCCC1c1nnc2ccccn12. The van der Waals surface area contributed by atoms with E-state index in [1.165, 1.54) is 15.6 Å². The maximum absolute atomic E-state index is 13.5. The van der Waals surface area contributed by atoms with E-state index in [4.69, 9.17) is 0 Å². The monoisotopic (exact) mass is 445 g/mol. The van der Waals surface area contributed by atoms with Gasteiger partial charge in [-0.2, -0.15) is 4.31 Å². The molecule has 1 amide bonds. The third-order valence-corrected chi connectivity index (χ3v) is 9.23. The number of likely N-dealkylation sites (tertiary alicyclic amines) is 1. The molecule has 2 saturated heterocycles. The Kier molecular flexibility index (Phi) is 5.08. The number of amides is 1. The van der Waals surface area contributed by atoms with Crippen molar-refractivity contribution in [1.29, 1.82) is 0 Å². The van der Waals surface area contributed by atoms with E-state index in [0.29, 0.717) is 30.1 Å². The molecular weight excluding hydrogens is 422 g/mol. The van der Waals surface area contributed by atoms with Crippen LogP contribution in [0.2, 0.25) is 0 Å². The Bertz CT molecular complexity index is 1160. The molecule has 3 aromatic heterocycles. The molecule has 30 heavy (non-hydrogen) atoms. The Hall–Kier alpha value is -2.30. The van der Waals surface area contributed by atoms with Crippen molar-refractivity contribution in [1.82, 2.24) is 23.8 Å². The van der Waals surface area contributed by atoms with E-state index >= 15 is 0 Å². The molecule has 5 heterocycles. The smallest absolute Gasteiger partial charge is 0.252 e. The molecule has 0 spiro atoms. The summed E-state index contributed by atoms with van der Waals surface area (Å²) in [5, 5.41) is 10.3. The molecule has 0 bridgehead atoms. The third-order valence-electron chi connectivity index (χ3n) is 6.00. The van der Waals surface area contributed by atoms with Gasteiger partial charge in [0.05, 0.1) is 12.0 Å². The molecule has 0 radical (unpaired) electrons. The van der Waals surface area contributed by atoms with E-state index in [-0.39, 0.29) is 24.4 Å². The average molecular weight is 446 g/mol. The number of aromatic nitrogens is 3. The number of nitrogens with zero attached hydrogens (tertiary/aromatic N) is 5. The summed E-state index contributed by atoms with van der Waals surface area (Å²) in [4.78, 5) is 15.3. The maximum Gasteiger partial charge on any atom is 0.252 e. The Morgan fingerprint density at radius 3 is 2.77 bits per heavy atom. The number of sulfonamides is 1. The van der Waals surface area contributed by atoms with Crippen LogP contribution in [0.1, 0.15) is 37.5 Å². The van der Waals surface area contributed by atoms with Crippen molar-refractivity contribution in [2.75, 3.05) is 19.6 Å². The largest absolute Gasteiger partial charge is 0.332 e. The molecule has 0 N–H and O–H groups in total. The summed E-state index contributed by atoms with van der Waals surface area (Å²) in [6.07, 6.45) is 5.06. The van der Waals surface area contributed by atoms with Gasteiger partial charge in [0.1, 0.15) is 4.21 Å². The van der Waals surface area contributed by atoms with Crippen LogP contribution in [0.3, 0.4) is 0 Å². The van der Waals surface area contributed by atoms with Crippen molar-refractivity contribution in [3.8, 4) is 0 Å². The van der Waals surface area contributed by atoms with E-state index in [1.54, 1.807) is 17.5 Å². The van der Waals surface area contributed by atoms with Crippen molar-refractivity contribution < 1.29 is 13.2 Å². The van der Waals surface area contributed by atoms with Gasteiger partial charge in [0.25, 0.3) is 10.0 Å². The molecule has 0 aliphatic carbocycles. The second-order valence-corrected chi connectivity index (χ2v) is 10.9. The lowest BCUT2D eigenvalue weighted by atomic mass is 9.97. The van der Waals surface area contributed by atoms with Crippen molar-refractivity contribution >= 4 is 32.9 Å². The third kappa shape index (κ3) is 3.32. The van der Waals surface area contributed by atoms with E-state index < -0.39 is 10.0 Å². The fraction of sp³-hybridized carbons (Fsp3) is 0.450. The highest BCUT2D eigenvalue weighted by Crippen LogP contribution is 2.34. The van der Waals surface area contributed by atoms with Crippen LogP contribution < -0.4 is 0 Å². The maximum atomic E-state index is 13.5. The Labute approximate surface area is 179 Å². The molecule has 2 fully saturated rings. The van der Waals surface area contributed by atoms with Gasteiger partial charge in [0.15, 0.2) is 11.5 Å². The minimum absolute atomic E-state index is 0.0243. The molecule has 158 valence electrons. The number of piperidine rings is 1. The van der Waals surface area contributed by atoms with Crippen molar-refractivity contribution in [3.05, 3.63) is 47.7 Å². The lowest BCUT2D eigenvalue weighted by Crippen LogP contribution is -2.46. The number of carbonyl (C=O) groups excluding carboxylic acids is 1. The molecule has 5 rings (SSSR count). The number of hydrogen-bond donors (Lipinski definition) is 0. The van der Waals surface area contributed by atoms with Gasteiger partial charge in [-0.1, -0.05) is 12.1 Å². The molecule has 2 aliphatic heterocycles. The second kappa shape index (κ2) is 7.75. The predicted molar refractivity (Wildman–Crippen MR) is 112 cm³/mol. The Morgan fingerprint density at radius 1 is 1.07 bits per heavy atom. The first kappa shape index (κ1) is 19.7. The molecule has 8 nitrogen and oxygen atoms in total. The zero-order chi connectivity index (χ0) is 20.7. The van der Waals surface area contributed by atoms with Gasteiger partial charge in [0.2, 0.25) is 5.91 Å². The van der Waals surface area contributed by atoms with Crippen LogP contribution >= 0.6 is 11.3 Å². The first-order chi connectivity index (χ1) is 14.6. The van der Waals surface area contributed by atoms with Crippen LogP contribution in [0.15, 0.2) is 46.1 Å². The topological polar surface area (TPSA) is 87.9 Å². The van der Waals surface area contributed by atoms with Crippen LogP contribution in [0.5, 0.6) is 0 Å². The molecular formula is C20H23N5O3S2. The minimum atomic E-state index is -3.54. The quantitative estimate of drug-likeness (QED) is 0.616. The fourth-order valence-electron chi connectivity index (χ4n) is 4.52. The van der Waals surface area contributed by atoms with E-state index in [0.717, 1.165) is 24.3 Å². The molecule has 0 aromatic carbocycles. The molecule has 2 aliphatic rings. The summed E-state index contributed by atoms with van der Waals surface area (Å²) in [5.41, 5.74) is 0.762. The van der Waals surface area contributed by atoms with Gasteiger partial charge in [-0.05, 0) is 49.3 Å². The Morgan fingerprint density at radius 2 is 1.93 bits per heavy atom. The number of thiophene rings is 1. The van der Waals surface area contributed by atoms with Gasteiger partial charge in [-0.15, -0.1) is 21.5 Å². The number of hydrogen-bond acceptors (Lipinski definition) is 6. The zero-order valence-corrected chi connectivity index (χ0v) is 18.1. The van der Waals surface area contributed by atoms with Crippen LogP contribution in [-0.2, 0) is 14.8 Å². The van der Waals surface area contributed by atoms with Crippen LogP contribution in [-0.4, -0.2) is 57.8 Å². The average Bonchev–Trinajstić information content (AvgIpc) is 3.53. The van der Waals surface area contributed by atoms with Crippen LogP contribution in [0.25, 0.3) is 5.65 Å². The molecule has 2 atom stereocenters. The molecule has 10 heteroatoms. The second-order valence-electron chi connectivity index (χ2n) is 7.81. The number of rotatable bonds is 4. The van der Waals surface area contributed by atoms with Crippen molar-refractivity contribution in [3.63, 3.8) is 0 Å². The number of pyridine rings is 1. The lowest BCUT2D eigenvalue weighted by molar-refractivity contribution is -0.137. The first-order valence-electron chi connectivity index (χ1n) is 10.2. The molecule has 0 saturated carbocycles. The van der Waals surface area contributed by atoms with Gasteiger partial charge in [-0.25, -0.2) is 8.42 Å². The van der Waals surface area contributed by atoms with E-state index in [1.807, 2.05) is 33.7 Å². The van der Waals surface area contributed by atoms with Crippen molar-refractivity contribution in [2.45, 2.75) is 35.9 Å². The number of fused-ring (bicyclic) bond motifs is 1. The normalized spacial score (nSPS) is 23.3. The van der Waals surface area contributed by atoms with Crippen LogP contribution in [0, 0.1) is 5.92 Å². The fourth-order valence-corrected chi connectivity index (χ4v) is 7.19. The highest BCUT2D eigenvalue weighted by atomic mass is 32.2. The standard InChI is InChI=1S/C20H23N5O3S2/c26-20(15-6-3-10-23(14-15)30(27,28)18-9-5-13-29-18)24-12-4-7-16(24)19-22-21-17-8-1-2-11-25(17)19/h1-2,5,8-9,11,13,15-16H,3-4,6-7,10,12,14H2. The summed E-state index contributed by atoms with van der Waals surface area (Å²) in [5.74, 6) is 0.472. The summed E-state index contributed by atoms with van der Waals surface area (Å²) in [6, 6.07) is 8.97. The van der Waals surface area contributed by atoms with Crippen LogP contribution in [0.4, 0.5) is 0 Å². The zero-order valence-electron chi connectivity index (χ0n) is 16.4. The van der Waals surface area contributed by atoms with Gasteiger partial charge in [0, 0.05) is 25.8 Å². The lowest BCUT2D eigenvalue weighted by Gasteiger charge is -2.34. The van der Waals surface area contributed by atoms with Gasteiger partial charge < -0.3 is 4.90 Å². The highest BCUT2D eigenvalue weighted by molar-refractivity contribution is 7.91. The summed E-state index contributed by atoms with van der Waals surface area (Å²) < 4.78 is 29.6. The number of carbonyl (C=O) groups is 1. The summed E-state index contributed by atoms with van der Waals surface area (Å²) in [6.45, 7) is 1.37. The summed E-state index contributed by atoms with van der Waals surface area (Å²) in [7, 11) is -3.54. The first-order valence-corrected chi connectivity index (χ1v) is 12.5. The van der Waals surface area contributed by atoms with E-state index in [9.17, 15) is 13.2 Å². The van der Waals surface area contributed by atoms with Crippen molar-refractivity contribution in [2.24, 2.45) is 5.92 Å². The predicted octanol–water partition coefficient (Wildman–Crippen LogP) is 2.56. The Balaban J connectivity index is 1.37.